The summed E-state index contributed by atoms with van der Waals surface area (Å²) in [4.78, 5) is 2.73. The Kier molecular flexibility index (Phi) is 5.19. The molecule has 1 unspecified atom stereocenters. The Balaban J connectivity index is 1.85. The van der Waals surface area contributed by atoms with Gasteiger partial charge in [0.05, 0.1) is 0 Å². The third-order valence-electron chi connectivity index (χ3n) is 4.41. The third kappa shape index (κ3) is 4.15. The molecule has 3 heteroatoms. The quantitative estimate of drug-likeness (QED) is 0.835. The van der Waals surface area contributed by atoms with E-state index in [1.54, 1.807) is 0 Å². The first-order valence-corrected chi connectivity index (χ1v) is 8.42. The summed E-state index contributed by atoms with van der Waals surface area (Å²) in [5.41, 5.74) is 0.347. The van der Waals surface area contributed by atoms with E-state index >= 15 is 0 Å². The van der Waals surface area contributed by atoms with Crippen molar-refractivity contribution in [2.45, 2.75) is 45.1 Å². The predicted molar refractivity (Wildman–Crippen MR) is 77.8 cm³/mol. The van der Waals surface area contributed by atoms with E-state index in [9.17, 15) is 0 Å². The van der Waals surface area contributed by atoms with Crippen LogP contribution in [0.3, 0.4) is 0 Å². The van der Waals surface area contributed by atoms with E-state index in [1.807, 2.05) is 0 Å². The molecule has 0 aromatic carbocycles. The summed E-state index contributed by atoms with van der Waals surface area (Å²) < 4.78 is 0. The van der Waals surface area contributed by atoms with Crippen molar-refractivity contribution < 1.29 is 0 Å². The summed E-state index contributed by atoms with van der Waals surface area (Å²) in [5.74, 6) is 3.75. The molecule has 0 aromatic rings. The maximum Gasteiger partial charge on any atom is 0.0277 e. The topological polar surface area (TPSA) is 15.3 Å². The second-order valence-electron chi connectivity index (χ2n) is 5.99. The highest BCUT2D eigenvalue weighted by Crippen LogP contribution is 2.25. The molecule has 0 bridgehead atoms. The molecule has 0 aromatic heterocycles. The minimum atomic E-state index is 0.347. The molecule has 100 valence electrons. The lowest BCUT2D eigenvalue weighted by atomic mass is 9.97. The number of thioether (sulfide) groups is 1. The van der Waals surface area contributed by atoms with Gasteiger partial charge in [0.25, 0.3) is 0 Å². The van der Waals surface area contributed by atoms with Crippen LogP contribution in [0.1, 0.15) is 39.5 Å². The minimum Gasteiger partial charge on any atom is -0.310 e. The second kappa shape index (κ2) is 6.44. The summed E-state index contributed by atoms with van der Waals surface area (Å²) in [6, 6.07) is 0. The van der Waals surface area contributed by atoms with Crippen LogP contribution in [0.5, 0.6) is 0 Å². The SMILES string of the molecule is CCC1(C)CN(CC2CCSCC2)CCCN1. The summed E-state index contributed by atoms with van der Waals surface area (Å²) in [5, 5.41) is 3.73. The highest BCUT2D eigenvalue weighted by molar-refractivity contribution is 7.99. The van der Waals surface area contributed by atoms with Crippen LogP contribution in [0.25, 0.3) is 0 Å². The van der Waals surface area contributed by atoms with Gasteiger partial charge in [-0.1, -0.05) is 6.92 Å². The highest BCUT2D eigenvalue weighted by Gasteiger charge is 2.28. The van der Waals surface area contributed by atoms with Gasteiger partial charge in [-0.2, -0.15) is 11.8 Å². The largest absolute Gasteiger partial charge is 0.310 e. The molecule has 1 N–H and O–H groups in total. The number of nitrogens with one attached hydrogen (secondary N) is 1. The van der Waals surface area contributed by atoms with Crippen molar-refractivity contribution in [3.63, 3.8) is 0 Å². The van der Waals surface area contributed by atoms with Crippen molar-refractivity contribution >= 4 is 11.8 Å². The lowest BCUT2D eigenvalue weighted by molar-refractivity contribution is 0.184. The van der Waals surface area contributed by atoms with E-state index in [2.05, 4.69) is 35.8 Å². The molecule has 2 aliphatic rings. The molecule has 0 aliphatic carbocycles. The Morgan fingerprint density at radius 1 is 1.35 bits per heavy atom. The Hall–Kier alpha value is 0.270. The van der Waals surface area contributed by atoms with Gasteiger partial charge < -0.3 is 10.2 Å². The zero-order valence-electron chi connectivity index (χ0n) is 11.5. The zero-order chi connectivity index (χ0) is 12.1. The number of hydrogen-bond acceptors (Lipinski definition) is 3. The van der Waals surface area contributed by atoms with Crippen LogP contribution in [0.15, 0.2) is 0 Å². The van der Waals surface area contributed by atoms with Crippen LogP contribution in [0.2, 0.25) is 0 Å². The van der Waals surface area contributed by atoms with Crippen molar-refractivity contribution in [1.82, 2.24) is 10.2 Å². The summed E-state index contributed by atoms with van der Waals surface area (Å²) in [6.45, 7) is 9.79. The van der Waals surface area contributed by atoms with E-state index in [0.29, 0.717) is 5.54 Å². The standard InChI is InChI=1S/C14H28N2S/c1-3-14(2)12-16(8-4-7-15-14)11-13-5-9-17-10-6-13/h13,15H,3-12H2,1-2H3. The fraction of sp³-hybridized carbons (Fsp3) is 1.00. The molecule has 1 atom stereocenters. The van der Waals surface area contributed by atoms with Crippen LogP contribution >= 0.6 is 11.8 Å². The Morgan fingerprint density at radius 2 is 2.12 bits per heavy atom. The smallest absolute Gasteiger partial charge is 0.0277 e. The molecule has 2 heterocycles. The first-order valence-electron chi connectivity index (χ1n) is 7.27. The first-order chi connectivity index (χ1) is 8.22. The lowest BCUT2D eigenvalue weighted by Crippen LogP contribution is -2.49. The number of rotatable bonds is 3. The average Bonchev–Trinajstić information content (AvgIpc) is 2.53. The molecule has 0 spiro atoms. The Morgan fingerprint density at radius 3 is 2.82 bits per heavy atom. The number of hydrogen-bond donors (Lipinski definition) is 1. The van der Waals surface area contributed by atoms with Crippen molar-refractivity contribution in [1.29, 1.82) is 0 Å². The Labute approximate surface area is 111 Å². The van der Waals surface area contributed by atoms with Gasteiger partial charge in [0, 0.05) is 18.6 Å². The van der Waals surface area contributed by atoms with E-state index in [1.165, 1.54) is 63.4 Å². The molecule has 2 nitrogen and oxygen atoms in total. The first kappa shape index (κ1) is 13.7. The monoisotopic (exact) mass is 256 g/mol. The van der Waals surface area contributed by atoms with Gasteiger partial charge in [-0.05, 0) is 63.1 Å². The lowest BCUT2D eigenvalue weighted by Gasteiger charge is -2.35. The molecule has 2 saturated heterocycles. The van der Waals surface area contributed by atoms with Gasteiger partial charge in [-0.25, -0.2) is 0 Å². The van der Waals surface area contributed by atoms with Gasteiger partial charge in [0.15, 0.2) is 0 Å². The molecule has 0 amide bonds. The van der Waals surface area contributed by atoms with Crippen molar-refractivity contribution in [2.75, 3.05) is 37.7 Å². The Bertz CT molecular complexity index is 228. The average molecular weight is 256 g/mol. The van der Waals surface area contributed by atoms with Gasteiger partial charge in [0.1, 0.15) is 0 Å². The highest BCUT2D eigenvalue weighted by atomic mass is 32.2. The summed E-state index contributed by atoms with van der Waals surface area (Å²) in [6.07, 6.45) is 5.44. The summed E-state index contributed by atoms with van der Waals surface area (Å²) in [7, 11) is 0. The molecule has 2 fully saturated rings. The van der Waals surface area contributed by atoms with E-state index in [4.69, 9.17) is 0 Å². The van der Waals surface area contributed by atoms with Crippen LogP contribution in [-0.2, 0) is 0 Å². The second-order valence-corrected chi connectivity index (χ2v) is 7.21. The molecule has 0 radical (unpaired) electrons. The van der Waals surface area contributed by atoms with Gasteiger partial charge >= 0.3 is 0 Å². The van der Waals surface area contributed by atoms with Crippen molar-refractivity contribution in [3.8, 4) is 0 Å². The third-order valence-corrected chi connectivity index (χ3v) is 5.46. The predicted octanol–water partition coefficient (Wildman–Crippen LogP) is 2.59. The molecule has 0 saturated carbocycles. The maximum atomic E-state index is 3.73. The van der Waals surface area contributed by atoms with E-state index in [0.717, 1.165) is 5.92 Å². The summed E-state index contributed by atoms with van der Waals surface area (Å²) >= 11 is 2.14. The number of nitrogens with zero attached hydrogens (tertiary/aromatic N) is 1. The van der Waals surface area contributed by atoms with E-state index in [-0.39, 0.29) is 0 Å². The molecule has 17 heavy (non-hydrogen) atoms. The molecular formula is C14H28N2S. The fourth-order valence-corrected chi connectivity index (χ4v) is 4.21. The van der Waals surface area contributed by atoms with Crippen LogP contribution in [-0.4, -0.2) is 48.1 Å². The molecule has 2 rings (SSSR count). The van der Waals surface area contributed by atoms with Gasteiger partial charge in [-0.3, -0.25) is 0 Å². The van der Waals surface area contributed by atoms with Crippen LogP contribution in [0.4, 0.5) is 0 Å². The van der Waals surface area contributed by atoms with Crippen LogP contribution < -0.4 is 5.32 Å². The fourth-order valence-electron chi connectivity index (χ4n) is 3.01. The van der Waals surface area contributed by atoms with Crippen molar-refractivity contribution in [3.05, 3.63) is 0 Å². The normalized spacial score (nSPS) is 33.5. The molecular weight excluding hydrogens is 228 g/mol. The van der Waals surface area contributed by atoms with E-state index < -0.39 is 0 Å². The maximum absolute atomic E-state index is 3.73. The van der Waals surface area contributed by atoms with Crippen molar-refractivity contribution in [2.24, 2.45) is 5.92 Å². The van der Waals surface area contributed by atoms with Gasteiger partial charge in [0.2, 0.25) is 0 Å². The van der Waals surface area contributed by atoms with Crippen LogP contribution in [0, 0.1) is 5.92 Å². The zero-order valence-corrected chi connectivity index (χ0v) is 12.3. The minimum absolute atomic E-state index is 0.347. The molecule has 2 aliphatic heterocycles. The van der Waals surface area contributed by atoms with Gasteiger partial charge in [-0.15, -0.1) is 0 Å².